The fraction of sp³-hybridized carbons (Fsp3) is 0.867. The van der Waals surface area contributed by atoms with E-state index in [1.807, 2.05) is 57.8 Å². The molecule has 1 aliphatic rings. The van der Waals surface area contributed by atoms with E-state index in [0.717, 1.165) is 19.3 Å². The molecule has 10 nitrogen and oxygen atoms in total. The van der Waals surface area contributed by atoms with Gasteiger partial charge in [0.15, 0.2) is 5.78 Å². The van der Waals surface area contributed by atoms with Crippen molar-refractivity contribution in [1.82, 2.24) is 20.4 Å². The van der Waals surface area contributed by atoms with E-state index >= 15 is 0 Å². The number of rotatable bonds is 19. The van der Waals surface area contributed by atoms with Crippen molar-refractivity contribution < 1.29 is 29.0 Å². The lowest BCUT2D eigenvalue weighted by Gasteiger charge is -2.35. The largest absolute Gasteiger partial charge is 0.481 e. The predicted octanol–water partition coefficient (Wildman–Crippen LogP) is 2.89. The number of carboxylic acid groups (broad SMARTS) is 1. The fourth-order valence-corrected chi connectivity index (χ4v) is 6.86. The lowest BCUT2D eigenvalue weighted by atomic mass is 9.91. The van der Waals surface area contributed by atoms with E-state index in [4.69, 9.17) is 4.74 Å². The van der Waals surface area contributed by atoms with Crippen LogP contribution in [0.2, 0.25) is 0 Å². The van der Waals surface area contributed by atoms with Crippen molar-refractivity contribution in [2.24, 2.45) is 17.8 Å². The highest BCUT2D eigenvalue weighted by Gasteiger charge is 2.38. The van der Waals surface area contributed by atoms with Gasteiger partial charge in [-0.05, 0) is 50.9 Å². The molecule has 1 aliphatic heterocycles. The molecule has 7 unspecified atom stereocenters. The van der Waals surface area contributed by atoms with Crippen LogP contribution in [0.1, 0.15) is 73.6 Å². The molecule has 0 aliphatic carbocycles. The summed E-state index contributed by atoms with van der Waals surface area (Å²) in [5.74, 6) is -1.07. The number of nitrogens with zero attached hydrogens (tertiary/aromatic N) is 2. The van der Waals surface area contributed by atoms with Gasteiger partial charge >= 0.3 is 5.97 Å². The third-order valence-electron chi connectivity index (χ3n) is 8.34. The first-order valence-electron chi connectivity index (χ1n) is 15.0. The second-order valence-electron chi connectivity index (χ2n) is 12.3. The number of likely N-dealkylation sites (tertiary alicyclic amines) is 1. The maximum atomic E-state index is 13.5. The van der Waals surface area contributed by atoms with Gasteiger partial charge in [-0.1, -0.05) is 48.0 Å². The Hall–Kier alpha value is -1.69. The van der Waals surface area contributed by atoms with E-state index in [1.165, 1.54) is 11.8 Å². The first-order valence-corrected chi connectivity index (χ1v) is 16.3. The number of nitrogens with one attached hydrogen (secondary N) is 2. The van der Waals surface area contributed by atoms with Crippen LogP contribution in [0.4, 0.5) is 0 Å². The topological polar surface area (TPSA) is 128 Å². The first-order chi connectivity index (χ1) is 19.2. The standard InChI is InChI=1S/C30H56N4O6S/c1-11-20(6)28(31-17-22(35)27(18(2)3)32-30(39)29(19(4)5)33(7)8)23(40-9)15-25(36)34-14-12-13-21(34)24(41-10)16-26(37)38/h18-21,23-24,27-29,31H,11-17H2,1-10H3,(H,32,39)(H,37,38). The molecule has 41 heavy (non-hydrogen) atoms. The molecule has 1 heterocycles. The minimum absolute atomic E-state index is 0.0164. The summed E-state index contributed by atoms with van der Waals surface area (Å²) in [5, 5.41) is 15.6. The molecule has 1 saturated heterocycles. The number of ketones is 1. The predicted molar refractivity (Wildman–Crippen MR) is 165 cm³/mol. The average Bonchev–Trinajstić information content (AvgIpc) is 3.38. The molecule has 0 saturated carbocycles. The zero-order valence-electron chi connectivity index (χ0n) is 26.9. The zero-order chi connectivity index (χ0) is 31.4. The lowest BCUT2D eigenvalue weighted by Crippen LogP contribution is -2.56. The van der Waals surface area contributed by atoms with Gasteiger partial charge in [0.1, 0.15) is 0 Å². The van der Waals surface area contributed by atoms with Crippen LogP contribution in [-0.2, 0) is 23.9 Å². The van der Waals surface area contributed by atoms with Crippen LogP contribution in [0, 0.1) is 17.8 Å². The smallest absolute Gasteiger partial charge is 0.304 e. The zero-order valence-corrected chi connectivity index (χ0v) is 27.8. The van der Waals surface area contributed by atoms with Crippen molar-refractivity contribution in [2.75, 3.05) is 40.6 Å². The van der Waals surface area contributed by atoms with Gasteiger partial charge in [0, 0.05) is 31.0 Å². The second kappa shape index (κ2) is 18.1. The number of hydrogen-bond donors (Lipinski definition) is 3. The minimum atomic E-state index is -0.860. The molecule has 0 bridgehead atoms. The summed E-state index contributed by atoms with van der Waals surface area (Å²) in [5.41, 5.74) is 0. The Labute approximate surface area is 252 Å². The Balaban J connectivity index is 3.01. The molecule has 0 aromatic heterocycles. The highest BCUT2D eigenvalue weighted by Crippen LogP contribution is 2.30. The summed E-state index contributed by atoms with van der Waals surface area (Å²) in [6.07, 6.45) is 4.04. The van der Waals surface area contributed by atoms with Gasteiger partial charge in [-0.3, -0.25) is 24.1 Å². The summed E-state index contributed by atoms with van der Waals surface area (Å²) < 4.78 is 5.85. The maximum Gasteiger partial charge on any atom is 0.304 e. The number of likely N-dealkylation sites (N-methyl/N-ethyl adjacent to an activating group) is 1. The SMILES string of the molecule is CCC(C)C(NCC(=O)C(NC(=O)C(C(C)C)N(C)C)C(C)C)C(CC(=O)N1CCCC1C(CC(=O)O)SC)OC. The molecule has 1 fully saturated rings. The Morgan fingerprint density at radius 1 is 1.07 bits per heavy atom. The van der Waals surface area contributed by atoms with Gasteiger partial charge in [0.25, 0.3) is 0 Å². The van der Waals surface area contributed by atoms with Gasteiger partial charge in [0.2, 0.25) is 11.8 Å². The number of thioether (sulfide) groups is 1. The quantitative estimate of drug-likeness (QED) is 0.205. The Kier molecular flexibility index (Phi) is 16.5. The van der Waals surface area contributed by atoms with Crippen LogP contribution in [0.25, 0.3) is 0 Å². The number of aliphatic carboxylic acids is 1. The third kappa shape index (κ3) is 11.1. The Bertz CT molecular complexity index is 847. The van der Waals surface area contributed by atoms with Gasteiger partial charge in [-0.25, -0.2) is 0 Å². The van der Waals surface area contributed by atoms with Crippen molar-refractivity contribution >= 4 is 35.3 Å². The molecule has 0 radical (unpaired) electrons. The Morgan fingerprint density at radius 2 is 1.71 bits per heavy atom. The second-order valence-corrected chi connectivity index (χ2v) is 13.4. The van der Waals surface area contributed by atoms with E-state index in [9.17, 15) is 24.3 Å². The molecule has 0 spiro atoms. The van der Waals surface area contributed by atoms with E-state index in [0.29, 0.717) is 6.54 Å². The molecule has 238 valence electrons. The van der Waals surface area contributed by atoms with Crippen LogP contribution in [0.3, 0.4) is 0 Å². The van der Waals surface area contributed by atoms with E-state index in [2.05, 4.69) is 24.5 Å². The number of Topliss-reactive ketones (excluding diaryl/α,β-unsaturated/α-hetero) is 1. The van der Waals surface area contributed by atoms with Gasteiger partial charge in [0.05, 0.1) is 37.6 Å². The maximum absolute atomic E-state index is 13.5. The summed E-state index contributed by atoms with van der Waals surface area (Å²) in [6, 6.07) is -1.36. The van der Waals surface area contributed by atoms with Crippen LogP contribution < -0.4 is 10.6 Å². The minimum Gasteiger partial charge on any atom is -0.481 e. The van der Waals surface area contributed by atoms with Crippen molar-refractivity contribution in [2.45, 2.75) is 109 Å². The molecule has 2 amide bonds. The fourth-order valence-electron chi connectivity index (χ4n) is 5.96. The summed E-state index contributed by atoms with van der Waals surface area (Å²) in [4.78, 5) is 55.1. The summed E-state index contributed by atoms with van der Waals surface area (Å²) >= 11 is 1.49. The van der Waals surface area contributed by atoms with Crippen molar-refractivity contribution in [1.29, 1.82) is 0 Å². The molecule has 0 aromatic carbocycles. The van der Waals surface area contributed by atoms with E-state index in [-0.39, 0.29) is 78.1 Å². The van der Waals surface area contributed by atoms with Crippen LogP contribution >= 0.6 is 11.8 Å². The van der Waals surface area contributed by atoms with Gasteiger partial charge in [-0.2, -0.15) is 11.8 Å². The number of hydrogen-bond acceptors (Lipinski definition) is 8. The molecule has 1 rings (SSSR count). The van der Waals surface area contributed by atoms with E-state index < -0.39 is 18.1 Å². The number of carbonyl (C=O) groups is 4. The molecule has 7 atom stereocenters. The van der Waals surface area contributed by atoms with E-state index in [1.54, 1.807) is 7.11 Å². The number of methoxy groups -OCH3 is 1. The van der Waals surface area contributed by atoms with Crippen molar-refractivity contribution in [3.8, 4) is 0 Å². The lowest BCUT2D eigenvalue weighted by molar-refractivity contribution is -0.139. The number of ether oxygens (including phenoxy) is 1. The number of carboxylic acids is 1. The van der Waals surface area contributed by atoms with Crippen LogP contribution in [-0.4, -0.2) is 115 Å². The van der Waals surface area contributed by atoms with Crippen molar-refractivity contribution in [3.05, 3.63) is 0 Å². The van der Waals surface area contributed by atoms with Gasteiger partial charge < -0.3 is 25.4 Å². The summed E-state index contributed by atoms with van der Waals surface area (Å²) in [7, 11) is 5.30. The Morgan fingerprint density at radius 3 is 2.17 bits per heavy atom. The molecule has 0 aromatic rings. The molecular weight excluding hydrogens is 544 g/mol. The number of amides is 2. The molecule has 3 N–H and O–H groups in total. The normalized spacial score (nSPS) is 20.1. The van der Waals surface area contributed by atoms with Gasteiger partial charge in [-0.15, -0.1) is 0 Å². The molecular formula is C30H56N4O6S. The number of carbonyl (C=O) groups excluding carboxylic acids is 3. The van der Waals surface area contributed by atoms with Crippen LogP contribution in [0.5, 0.6) is 0 Å². The van der Waals surface area contributed by atoms with Crippen molar-refractivity contribution in [3.63, 3.8) is 0 Å². The molecule has 11 heteroatoms. The monoisotopic (exact) mass is 600 g/mol. The highest BCUT2D eigenvalue weighted by molar-refractivity contribution is 7.99. The third-order valence-corrected chi connectivity index (χ3v) is 9.43. The average molecular weight is 601 g/mol. The summed E-state index contributed by atoms with van der Waals surface area (Å²) in [6.45, 7) is 12.6. The highest BCUT2D eigenvalue weighted by atomic mass is 32.2. The van der Waals surface area contributed by atoms with Crippen LogP contribution in [0.15, 0.2) is 0 Å². The first kappa shape index (κ1) is 37.3.